The summed E-state index contributed by atoms with van der Waals surface area (Å²) in [5.74, 6) is 0.643. The van der Waals surface area contributed by atoms with Gasteiger partial charge in [0.1, 0.15) is 17.8 Å². The van der Waals surface area contributed by atoms with Crippen molar-refractivity contribution >= 4 is 71.0 Å². The molecule has 0 fully saturated rings. The fourth-order valence-electron chi connectivity index (χ4n) is 7.53. The topological polar surface area (TPSA) is 53.3 Å². The summed E-state index contributed by atoms with van der Waals surface area (Å²) in [7, 11) is 0. The fourth-order valence-corrected chi connectivity index (χ4v) is 7.53. The molecule has 232 valence electrons. The normalized spacial score (nSPS) is 11.8. The first kappa shape index (κ1) is 27.6. The van der Waals surface area contributed by atoms with Gasteiger partial charge in [-0.1, -0.05) is 115 Å². The van der Waals surface area contributed by atoms with Gasteiger partial charge in [0.25, 0.3) is 0 Å². The summed E-state index contributed by atoms with van der Waals surface area (Å²) >= 11 is 0. The van der Waals surface area contributed by atoms with Crippen LogP contribution in [-0.4, -0.2) is 4.57 Å². The molecule has 0 amide bonds. The van der Waals surface area contributed by atoms with Crippen molar-refractivity contribution < 1.29 is 9.15 Å². The van der Waals surface area contributed by atoms with Crippen molar-refractivity contribution in [1.82, 2.24) is 4.57 Å². The molecule has 0 aliphatic carbocycles. The van der Waals surface area contributed by atoms with Crippen molar-refractivity contribution in [2.75, 3.05) is 5.73 Å². The molecular weight excluding hydrogens is 601 g/mol. The Bertz CT molecular complexity index is 2900. The van der Waals surface area contributed by atoms with E-state index in [1.54, 1.807) is 0 Å². The quantitative estimate of drug-likeness (QED) is 0.193. The third-order valence-electron chi connectivity index (χ3n) is 9.86. The van der Waals surface area contributed by atoms with E-state index in [1.165, 1.54) is 38.0 Å². The Morgan fingerprint density at radius 2 is 1.22 bits per heavy atom. The van der Waals surface area contributed by atoms with Gasteiger partial charge in [0, 0.05) is 27.4 Å². The smallest absolute Gasteiger partial charge is 0.155 e. The Balaban J connectivity index is 1.05. The van der Waals surface area contributed by atoms with E-state index < -0.39 is 0 Å². The van der Waals surface area contributed by atoms with Gasteiger partial charge in [-0.3, -0.25) is 0 Å². The van der Waals surface area contributed by atoms with Crippen LogP contribution in [0, 0.1) is 0 Å². The van der Waals surface area contributed by atoms with Crippen LogP contribution in [0.25, 0.3) is 82.1 Å². The number of hydrogen-bond donors (Lipinski definition) is 1. The molecule has 4 nitrogen and oxygen atoms in total. The van der Waals surface area contributed by atoms with E-state index in [0.717, 1.165) is 49.7 Å². The van der Waals surface area contributed by atoms with Crippen molar-refractivity contribution in [2.45, 2.75) is 6.61 Å². The zero-order chi connectivity index (χ0) is 32.5. The van der Waals surface area contributed by atoms with Gasteiger partial charge in [0.05, 0.1) is 22.1 Å². The van der Waals surface area contributed by atoms with Gasteiger partial charge in [0.2, 0.25) is 0 Å². The van der Waals surface area contributed by atoms with Crippen molar-refractivity contribution in [3.05, 3.63) is 163 Å². The molecule has 0 bridgehead atoms. The summed E-state index contributed by atoms with van der Waals surface area (Å²) < 4.78 is 15.4. The molecule has 10 rings (SSSR count). The summed E-state index contributed by atoms with van der Waals surface area (Å²) in [4.78, 5) is 0. The zero-order valence-electron chi connectivity index (χ0n) is 26.6. The first-order valence-electron chi connectivity index (χ1n) is 16.6. The molecule has 49 heavy (non-hydrogen) atoms. The Labute approximate surface area is 282 Å². The molecule has 0 atom stereocenters. The minimum atomic E-state index is 0.359. The molecule has 0 aliphatic rings. The molecule has 2 N–H and O–H groups in total. The van der Waals surface area contributed by atoms with E-state index in [4.69, 9.17) is 14.9 Å². The molecule has 2 heterocycles. The van der Waals surface area contributed by atoms with Crippen LogP contribution < -0.4 is 10.5 Å². The average Bonchev–Trinajstić information content (AvgIpc) is 3.70. The minimum absolute atomic E-state index is 0.359. The molecule has 0 unspecified atom stereocenters. The van der Waals surface area contributed by atoms with Crippen molar-refractivity contribution in [3.63, 3.8) is 0 Å². The summed E-state index contributed by atoms with van der Waals surface area (Å²) in [6.45, 7) is 0.359. The van der Waals surface area contributed by atoms with Crippen LogP contribution in [0.3, 0.4) is 0 Å². The number of aromatic nitrogens is 1. The zero-order valence-corrected chi connectivity index (χ0v) is 26.6. The maximum atomic E-state index is 7.00. The Morgan fingerprint density at radius 3 is 2.08 bits per heavy atom. The highest BCUT2D eigenvalue weighted by atomic mass is 16.5. The largest absolute Gasteiger partial charge is 0.486 e. The molecule has 0 radical (unpaired) electrons. The van der Waals surface area contributed by atoms with Crippen LogP contribution in [0.15, 0.2) is 162 Å². The Kier molecular flexibility index (Phi) is 6.06. The number of furan rings is 1. The SMILES string of the molecule is Nc1c(-c2ccc3ccccc3c2)cc2oc3ccccc3c2c1OCc1ccc(-n2c3ccccc3c3c4ccccc4ccc32)cc1. The van der Waals surface area contributed by atoms with Crippen molar-refractivity contribution in [3.8, 4) is 22.6 Å². The van der Waals surface area contributed by atoms with Crippen LogP contribution in [0.4, 0.5) is 5.69 Å². The second kappa shape index (κ2) is 10.8. The molecule has 4 heteroatoms. The lowest BCUT2D eigenvalue weighted by atomic mass is 9.97. The Hall–Kier alpha value is -6.52. The van der Waals surface area contributed by atoms with E-state index >= 15 is 0 Å². The lowest BCUT2D eigenvalue weighted by Gasteiger charge is -2.15. The van der Waals surface area contributed by atoms with Gasteiger partial charge < -0.3 is 19.5 Å². The molecule has 2 aromatic heterocycles. The van der Waals surface area contributed by atoms with Gasteiger partial charge in [-0.15, -0.1) is 0 Å². The van der Waals surface area contributed by atoms with Crippen LogP contribution in [0.5, 0.6) is 5.75 Å². The predicted molar refractivity (Wildman–Crippen MR) is 204 cm³/mol. The number of rotatable bonds is 5. The molecule has 10 aromatic rings. The molecule has 0 spiro atoms. The number of anilines is 1. The molecule has 0 saturated heterocycles. The number of nitrogens with two attached hydrogens (primary N) is 1. The molecule has 0 aliphatic heterocycles. The molecule has 0 saturated carbocycles. The standard InChI is InChI=1S/C45H30N2O2/c46-44-37(32-20-19-29-9-1-2-11-31(29)25-32)26-41-43(36-14-6-8-16-40(36)49-41)45(44)48-27-28-17-22-33(23-18-28)47-38-15-7-5-13-35(38)42-34-12-4-3-10-30(34)21-24-39(42)47/h1-26H,27,46H2. The van der Waals surface area contributed by atoms with E-state index in [0.29, 0.717) is 18.0 Å². The van der Waals surface area contributed by atoms with Crippen LogP contribution in [0.2, 0.25) is 0 Å². The first-order chi connectivity index (χ1) is 24.2. The number of nitrogens with zero attached hydrogens (tertiary/aromatic N) is 1. The number of benzene rings is 8. The van der Waals surface area contributed by atoms with Crippen LogP contribution in [0.1, 0.15) is 5.56 Å². The summed E-state index contributed by atoms with van der Waals surface area (Å²) in [5.41, 5.74) is 15.6. The van der Waals surface area contributed by atoms with E-state index in [9.17, 15) is 0 Å². The predicted octanol–water partition coefficient (Wildman–Crippen LogP) is 11.8. The number of nitrogen functional groups attached to an aromatic ring is 1. The van der Waals surface area contributed by atoms with Gasteiger partial charge in [-0.2, -0.15) is 0 Å². The fraction of sp³-hybridized carbons (Fsp3) is 0.0222. The van der Waals surface area contributed by atoms with Crippen molar-refractivity contribution in [1.29, 1.82) is 0 Å². The molecule has 8 aromatic carbocycles. The number of hydrogen-bond acceptors (Lipinski definition) is 3. The average molecular weight is 631 g/mol. The van der Waals surface area contributed by atoms with Crippen molar-refractivity contribution in [2.24, 2.45) is 0 Å². The third kappa shape index (κ3) is 4.31. The van der Waals surface area contributed by atoms with Crippen LogP contribution >= 0.6 is 0 Å². The monoisotopic (exact) mass is 630 g/mol. The van der Waals surface area contributed by atoms with E-state index in [1.807, 2.05) is 24.3 Å². The van der Waals surface area contributed by atoms with E-state index in [-0.39, 0.29) is 0 Å². The highest BCUT2D eigenvalue weighted by Crippen LogP contribution is 2.45. The third-order valence-corrected chi connectivity index (χ3v) is 9.86. The maximum Gasteiger partial charge on any atom is 0.155 e. The van der Waals surface area contributed by atoms with Gasteiger partial charge >= 0.3 is 0 Å². The maximum absolute atomic E-state index is 7.00. The lowest BCUT2D eigenvalue weighted by Crippen LogP contribution is -2.02. The van der Waals surface area contributed by atoms with Gasteiger partial charge in [-0.05, 0) is 75.1 Å². The van der Waals surface area contributed by atoms with E-state index in [2.05, 4.69) is 138 Å². The second-order valence-electron chi connectivity index (χ2n) is 12.7. The second-order valence-corrected chi connectivity index (χ2v) is 12.7. The summed E-state index contributed by atoms with van der Waals surface area (Å²) in [5, 5.41) is 9.26. The lowest BCUT2D eigenvalue weighted by molar-refractivity contribution is 0.312. The summed E-state index contributed by atoms with van der Waals surface area (Å²) in [6.07, 6.45) is 0. The highest BCUT2D eigenvalue weighted by Gasteiger charge is 2.20. The van der Waals surface area contributed by atoms with Gasteiger partial charge in [0.15, 0.2) is 5.75 Å². The first-order valence-corrected chi connectivity index (χ1v) is 16.6. The van der Waals surface area contributed by atoms with Crippen LogP contribution in [-0.2, 0) is 6.61 Å². The highest BCUT2D eigenvalue weighted by molar-refractivity contribution is 6.21. The number of para-hydroxylation sites is 2. The number of fused-ring (bicyclic) bond motifs is 9. The van der Waals surface area contributed by atoms with Gasteiger partial charge in [-0.25, -0.2) is 0 Å². The number of ether oxygens (including phenoxy) is 1. The Morgan fingerprint density at radius 1 is 0.531 bits per heavy atom. The summed E-state index contributed by atoms with van der Waals surface area (Å²) in [6, 6.07) is 55.2. The molecular formula is C45H30N2O2. The minimum Gasteiger partial charge on any atom is -0.486 e.